The molecule has 2 aromatic carbocycles. The first-order chi connectivity index (χ1) is 16.3. The number of hydrogen-bond acceptors (Lipinski definition) is 4. The fourth-order valence-corrected chi connectivity index (χ4v) is 5.84. The van der Waals surface area contributed by atoms with Gasteiger partial charge in [-0.05, 0) is 61.9 Å². The third-order valence-electron chi connectivity index (χ3n) is 7.00. The molecular formula is C26H30BrF2N3O2. The zero-order chi connectivity index (χ0) is 24.0. The topological polar surface area (TPSA) is 39.5 Å². The molecule has 0 radical (unpaired) electrons. The maximum Gasteiger partial charge on any atom is 0.257 e. The zero-order valence-electron chi connectivity index (χ0n) is 19.7. The van der Waals surface area contributed by atoms with Crippen molar-refractivity contribution in [1.82, 2.24) is 14.7 Å². The van der Waals surface area contributed by atoms with Crippen LogP contribution >= 0.6 is 15.9 Å². The highest BCUT2D eigenvalue weighted by atomic mass is 79.9. The quantitative estimate of drug-likeness (QED) is 0.375. The van der Waals surface area contributed by atoms with E-state index in [0.29, 0.717) is 12.2 Å². The second-order valence-electron chi connectivity index (χ2n) is 9.56. The van der Waals surface area contributed by atoms with Gasteiger partial charge in [0.05, 0.1) is 31.4 Å². The summed E-state index contributed by atoms with van der Waals surface area (Å²) in [5, 5.41) is 5.77. The summed E-state index contributed by atoms with van der Waals surface area (Å²) in [7, 11) is 1.62. The molecule has 1 fully saturated rings. The standard InChI is InChI=1S/C26H30BrF2N3O2/c1-16-12-20-18(9-10-22-21(20)14-30-32(22)24-6-4-5-11-34-24)25(31(16)15-26(2,28)29)19-8-7-17(27)13-23(19)33-3/h7-10,13-14,16,24-25H,4-6,11-12,15H2,1-3H3/t16-,24?,25+/m1/s1. The first-order valence-corrected chi connectivity index (χ1v) is 12.6. The maximum atomic E-state index is 14.3. The van der Waals surface area contributed by atoms with Crippen LogP contribution in [0.25, 0.3) is 10.9 Å². The molecule has 0 bridgehead atoms. The van der Waals surface area contributed by atoms with Gasteiger partial charge in [-0.2, -0.15) is 5.10 Å². The lowest BCUT2D eigenvalue weighted by atomic mass is 9.83. The molecule has 2 aliphatic heterocycles. The minimum Gasteiger partial charge on any atom is -0.496 e. The van der Waals surface area contributed by atoms with Crippen LogP contribution in [0.5, 0.6) is 5.75 Å². The molecular weight excluding hydrogens is 504 g/mol. The van der Waals surface area contributed by atoms with Crippen molar-refractivity contribution < 1.29 is 18.3 Å². The SMILES string of the molecule is COc1cc(Br)ccc1[C@@H]1c2ccc3c(cnn3C3CCCCO3)c2C[C@@H](C)N1CC(C)(F)F. The molecule has 0 amide bonds. The molecule has 8 heteroatoms. The third-order valence-corrected chi connectivity index (χ3v) is 7.49. The minimum absolute atomic E-state index is 0.0528. The lowest BCUT2D eigenvalue weighted by molar-refractivity contribution is -0.0371. The average molecular weight is 534 g/mol. The predicted molar refractivity (Wildman–Crippen MR) is 132 cm³/mol. The Morgan fingerprint density at radius 2 is 2.00 bits per heavy atom. The number of aromatic nitrogens is 2. The van der Waals surface area contributed by atoms with E-state index in [9.17, 15) is 8.78 Å². The number of nitrogens with zero attached hydrogens (tertiary/aromatic N) is 3. The molecule has 3 heterocycles. The molecule has 1 aromatic heterocycles. The fourth-order valence-electron chi connectivity index (χ4n) is 5.50. The van der Waals surface area contributed by atoms with E-state index in [-0.39, 0.29) is 24.9 Å². The number of alkyl halides is 2. The summed E-state index contributed by atoms with van der Waals surface area (Å²) in [5.41, 5.74) is 4.11. The number of benzene rings is 2. The van der Waals surface area contributed by atoms with Crippen LogP contribution in [-0.4, -0.2) is 46.9 Å². The van der Waals surface area contributed by atoms with Crippen molar-refractivity contribution in [2.45, 2.75) is 63.8 Å². The second-order valence-corrected chi connectivity index (χ2v) is 10.5. The number of hydrogen-bond donors (Lipinski definition) is 0. The van der Waals surface area contributed by atoms with Crippen LogP contribution in [0.1, 0.15) is 62.1 Å². The Kier molecular flexibility index (Phi) is 6.42. The molecule has 2 aliphatic rings. The van der Waals surface area contributed by atoms with E-state index in [1.807, 2.05) is 40.9 Å². The summed E-state index contributed by atoms with van der Waals surface area (Å²) in [6.45, 7) is 3.44. The van der Waals surface area contributed by atoms with E-state index in [2.05, 4.69) is 28.1 Å². The van der Waals surface area contributed by atoms with Crippen molar-refractivity contribution in [3.8, 4) is 5.75 Å². The Morgan fingerprint density at radius 3 is 2.71 bits per heavy atom. The highest BCUT2D eigenvalue weighted by Gasteiger charge is 2.40. The van der Waals surface area contributed by atoms with Gasteiger partial charge in [-0.1, -0.05) is 28.1 Å². The largest absolute Gasteiger partial charge is 0.496 e. The molecule has 0 aliphatic carbocycles. The van der Waals surface area contributed by atoms with E-state index >= 15 is 0 Å². The molecule has 3 atom stereocenters. The first-order valence-electron chi connectivity index (χ1n) is 11.8. The van der Waals surface area contributed by atoms with Crippen LogP contribution in [0.3, 0.4) is 0 Å². The van der Waals surface area contributed by atoms with E-state index in [4.69, 9.17) is 14.6 Å². The van der Waals surface area contributed by atoms with Crippen molar-refractivity contribution in [3.63, 3.8) is 0 Å². The highest BCUT2D eigenvalue weighted by molar-refractivity contribution is 9.10. The highest BCUT2D eigenvalue weighted by Crippen LogP contribution is 2.45. The van der Waals surface area contributed by atoms with Gasteiger partial charge in [-0.15, -0.1) is 0 Å². The normalized spacial score (nSPS) is 23.8. The number of methoxy groups -OCH3 is 1. The Hall–Kier alpha value is -2.03. The smallest absolute Gasteiger partial charge is 0.257 e. The van der Waals surface area contributed by atoms with Gasteiger partial charge in [0.1, 0.15) is 5.75 Å². The number of ether oxygens (including phenoxy) is 2. The minimum atomic E-state index is -2.82. The van der Waals surface area contributed by atoms with Gasteiger partial charge in [0.2, 0.25) is 0 Å². The molecule has 182 valence electrons. The Labute approximate surface area is 207 Å². The maximum absolute atomic E-state index is 14.3. The molecule has 0 spiro atoms. The summed E-state index contributed by atoms with van der Waals surface area (Å²) < 4.78 is 43.3. The van der Waals surface area contributed by atoms with Crippen LogP contribution in [0.2, 0.25) is 0 Å². The number of halogens is 3. The van der Waals surface area contributed by atoms with Crippen LogP contribution in [0.4, 0.5) is 8.78 Å². The lowest BCUT2D eigenvalue weighted by Crippen LogP contribution is -2.47. The molecule has 5 nitrogen and oxygen atoms in total. The summed E-state index contributed by atoms with van der Waals surface area (Å²) >= 11 is 3.51. The molecule has 0 N–H and O–H groups in total. The number of rotatable bonds is 5. The molecule has 1 saturated heterocycles. The predicted octanol–water partition coefficient (Wildman–Crippen LogP) is 6.50. The van der Waals surface area contributed by atoms with Crippen LogP contribution in [0, 0.1) is 0 Å². The van der Waals surface area contributed by atoms with Gasteiger partial charge >= 0.3 is 0 Å². The van der Waals surface area contributed by atoms with Crippen molar-refractivity contribution in [2.24, 2.45) is 0 Å². The average Bonchev–Trinajstić information content (AvgIpc) is 3.24. The van der Waals surface area contributed by atoms with E-state index in [1.165, 1.54) is 0 Å². The van der Waals surface area contributed by atoms with E-state index < -0.39 is 5.92 Å². The molecule has 3 aromatic rings. The lowest BCUT2D eigenvalue weighted by Gasteiger charge is -2.43. The summed E-state index contributed by atoms with van der Waals surface area (Å²) in [5.74, 6) is -2.14. The fraction of sp³-hybridized carbons (Fsp3) is 0.500. The Morgan fingerprint density at radius 1 is 1.21 bits per heavy atom. The van der Waals surface area contributed by atoms with Gasteiger partial charge in [-0.25, -0.2) is 13.5 Å². The van der Waals surface area contributed by atoms with Gasteiger partial charge in [0, 0.05) is 35.0 Å². The van der Waals surface area contributed by atoms with Crippen molar-refractivity contribution in [3.05, 3.63) is 57.7 Å². The first kappa shape index (κ1) is 23.7. The van der Waals surface area contributed by atoms with Crippen molar-refractivity contribution in [2.75, 3.05) is 20.3 Å². The molecule has 1 unspecified atom stereocenters. The second kappa shape index (κ2) is 9.21. The zero-order valence-corrected chi connectivity index (χ0v) is 21.3. The van der Waals surface area contributed by atoms with Gasteiger partial charge in [0.25, 0.3) is 5.92 Å². The van der Waals surface area contributed by atoms with Crippen molar-refractivity contribution in [1.29, 1.82) is 0 Å². The monoisotopic (exact) mass is 533 g/mol. The molecule has 5 rings (SSSR count). The Balaban J connectivity index is 1.67. The van der Waals surface area contributed by atoms with E-state index in [1.54, 1.807) is 7.11 Å². The van der Waals surface area contributed by atoms with E-state index in [0.717, 1.165) is 64.9 Å². The molecule has 34 heavy (non-hydrogen) atoms. The Bertz CT molecular complexity index is 1190. The summed E-state index contributed by atoms with van der Waals surface area (Å²) in [6, 6.07) is 9.51. The van der Waals surface area contributed by atoms with Gasteiger partial charge in [-0.3, -0.25) is 4.90 Å². The van der Waals surface area contributed by atoms with Crippen molar-refractivity contribution >= 4 is 26.8 Å². The number of fused-ring (bicyclic) bond motifs is 3. The van der Waals surface area contributed by atoms with Crippen LogP contribution < -0.4 is 4.74 Å². The third kappa shape index (κ3) is 4.36. The van der Waals surface area contributed by atoms with Crippen LogP contribution in [0.15, 0.2) is 41.0 Å². The molecule has 0 saturated carbocycles. The van der Waals surface area contributed by atoms with Crippen LogP contribution in [-0.2, 0) is 11.2 Å². The van der Waals surface area contributed by atoms with Gasteiger partial charge < -0.3 is 9.47 Å². The summed E-state index contributed by atoms with van der Waals surface area (Å²) in [4.78, 5) is 1.91. The van der Waals surface area contributed by atoms with Gasteiger partial charge in [0.15, 0.2) is 6.23 Å². The summed E-state index contributed by atoms with van der Waals surface area (Å²) in [6.07, 6.45) is 5.69.